The van der Waals surface area contributed by atoms with E-state index in [-0.39, 0.29) is 0 Å². The third kappa shape index (κ3) is 7.01. The molecule has 2 aromatic carbocycles. The molecule has 0 unspecified atom stereocenters. The zero-order valence-corrected chi connectivity index (χ0v) is 22.8. The van der Waals surface area contributed by atoms with E-state index >= 15 is 0 Å². The van der Waals surface area contributed by atoms with Gasteiger partial charge in [-0.05, 0) is 66.6 Å². The fourth-order valence-corrected chi connectivity index (χ4v) is 4.94. The predicted molar refractivity (Wildman–Crippen MR) is 161 cm³/mol. The van der Waals surface area contributed by atoms with Crippen LogP contribution < -0.4 is 9.80 Å². The molecule has 0 amide bonds. The second-order valence-corrected chi connectivity index (χ2v) is 10.3. The molecule has 0 aliphatic heterocycles. The van der Waals surface area contributed by atoms with Crippen LogP contribution in [0.1, 0.15) is 56.6 Å². The van der Waals surface area contributed by atoms with Gasteiger partial charge >= 0.3 is 0 Å². The fraction of sp³-hybridized carbons (Fsp3) is 0.324. The van der Waals surface area contributed by atoms with Gasteiger partial charge in [-0.3, -0.25) is 4.98 Å². The first kappa shape index (κ1) is 26.5. The van der Waals surface area contributed by atoms with E-state index in [4.69, 9.17) is 4.98 Å². The van der Waals surface area contributed by atoms with E-state index in [1.54, 1.807) is 0 Å². The number of hydrogen-bond acceptors (Lipinski definition) is 3. The lowest BCUT2D eigenvalue weighted by molar-refractivity contribution is 0.396. The molecule has 1 aliphatic rings. The van der Waals surface area contributed by atoms with Crippen LogP contribution in [-0.2, 0) is 6.54 Å². The van der Waals surface area contributed by atoms with Gasteiger partial charge in [-0.1, -0.05) is 87.4 Å². The van der Waals surface area contributed by atoms with Gasteiger partial charge in [0.05, 0.1) is 5.69 Å². The zero-order chi connectivity index (χ0) is 26.2. The lowest BCUT2D eigenvalue weighted by Gasteiger charge is -2.34. The van der Waals surface area contributed by atoms with Crippen LogP contribution in [0.15, 0.2) is 97.4 Å². The summed E-state index contributed by atoms with van der Waals surface area (Å²) in [4.78, 5) is 9.34. The van der Waals surface area contributed by atoms with Gasteiger partial charge in [0, 0.05) is 49.5 Å². The summed E-state index contributed by atoms with van der Waals surface area (Å²) in [6.45, 7) is 11.6. The average molecular weight is 492 g/mol. The average Bonchev–Trinajstić information content (AvgIpc) is 2.95. The summed E-state index contributed by atoms with van der Waals surface area (Å²) in [6, 6.07) is 21.7. The maximum atomic E-state index is 4.83. The van der Waals surface area contributed by atoms with Crippen LogP contribution in [0.2, 0.25) is 0 Å². The number of benzene rings is 2. The summed E-state index contributed by atoms with van der Waals surface area (Å²) < 4.78 is 0. The minimum atomic E-state index is 0.537. The lowest BCUT2D eigenvalue weighted by Crippen LogP contribution is -2.27. The highest BCUT2D eigenvalue weighted by molar-refractivity contribution is 5.64. The summed E-state index contributed by atoms with van der Waals surface area (Å²) in [5.74, 6) is 0.537. The first-order valence-electron chi connectivity index (χ1n) is 13.6. The van der Waals surface area contributed by atoms with E-state index in [1.807, 2.05) is 6.20 Å². The predicted octanol–water partition coefficient (Wildman–Crippen LogP) is 8.89. The third-order valence-electron chi connectivity index (χ3n) is 7.42. The third-order valence-corrected chi connectivity index (χ3v) is 7.42. The number of pyridine rings is 1. The molecule has 3 heteroatoms. The molecule has 192 valence electrons. The van der Waals surface area contributed by atoms with Crippen molar-refractivity contribution < 1.29 is 0 Å². The van der Waals surface area contributed by atoms with Crippen molar-refractivity contribution in [3.05, 3.63) is 108 Å². The van der Waals surface area contributed by atoms with Gasteiger partial charge in [-0.2, -0.15) is 0 Å². The highest BCUT2D eigenvalue weighted by Crippen LogP contribution is 2.34. The molecule has 0 N–H and O–H groups in total. The summed E-state index contributed by atoms with van der Waals surface area (Å²) in [7, 11) is 4.12. The number of anilines is 2. The second-order valence-electron chi connectivity index (χ2n) is 10.3. The van der Waals surface area contributed by atoms with Gasteiger partial charge in [0.2, 0.25) is 0 Å². The van der Waals surface area contributed by atoms with Crippen LogP contribution in [0.25, 0.3) is 17.3 Å². The first-order valence-corrected chi connectivity index (χ1v) is 13.6. The lowest BCUT2D eigenvalue weighted by atomic mass is 9.86. The normalized spacial score (nSPS) is 14.0. The van der Waals surface area contributed by atoms with Crippen molar-refractivity contribution in [2.45, 2.75) is 52.0 Å². The van der Waals surface area contributed by atoms with E-state index in [0.29, 0.717) is 5.92 Å². The smallest absolute Gasteiger partial charge is 0.0702 e. The van der Waals surface area contributed by atoms with Crippen molar-refractivity contribution in [1.29, 1.82) is 0 Å². The Labute approximate surface area is 223 Å². The Morgan fingerprint density at radius 3 is 2.35 bits per heavy atom. The number of allylic oxidation sites excluding steroid dienone is 3. The SMILES string of the molecule is C=C(/C=C/c1cccc(N(Cc2ccc(-c3ccc(N(C)C)cc3)nc2)C(=C)C2CCCCC2)c1)CC. The molecule has 4 rings (SSSR count). The molecule has 37 heavy (non-hydrogen) atoms. The van der Waals surface area contributed by atoms with Crippen LogP contribution in [0.4, 0.5) is 11.4 Å². The largest absolute Gasteiger partial charge is 0.378 e. The maximum Gasteiger partial charge on any atom is 0.0702 e. The molecule has 1 aliphatic carbocycles. The van der Waals surface area contributed by atoms with Gasteiger partial charge in [-0.15, -0.1) is 0 Å². The van der Waals surface area contributed by atoms with Gasteiger partial charge < -0.3 is 9.80 Å². The molecule has 1 heterocycles. The standard InChI is InChI=1S/C34H41N3/c1-6-26(2)15-16-28-11-10-14-33(23-28)37(27(3)30-12-8-7-9-13-30)25-29-17-22-34(35-24-29)31-18-20-32(21-19-31)36(4)5/h10-11,14-24,30H,2-3,6-9,12-13,25H2,1,4-5H3/b16-15+. The molecular formula is C34H41N3. The zero-order valence-electron chi connectivity index (χ0n) is 22.8. The number of rotatable bonds is 10. The molecular weight excluding hydrogens is 450 g/mol. The molecule has 3 nitrogen and oxygen atoms in total. The molecule has 1 aromatic heterocycles. The number of hydrogen-bond donors (Lipinski definition) is 0. The van der Waals surface area contributed by atoms with Crippen molar-refractivity contribution in [2.24, 2.45) is 5.92 Å². The molecule has 0 radical (unpaired) electrons. The highest BCUT2D eigenvalue weighted by atomic mass is 15.1. The minimum absolute atomic E-state index is 0.537. The summed E-state index contributed by atoms with van der Waals surface area (Å²) >= 11 is 0. The van der Waals surface area contributed by atoms with Crippen molar-refractivity contribution in [2.75, 3.05) is 23.9 Å². The van der Waals surface area contributed by atoms with Gasteiger partial charge in [-0.25, -0.2) is 0 Å². The molecule has 0 bridgehead atoms. The van der Waals surface area contributed by atoms with Crippen LogP contribution in [0.5, 0.6) is 0 Å². The Balaban J connectivity index is 1.58. The maximum absolute atomic E-state index is 4.83. The van der Waals surface area contributed by atoms with E-state index in [1.165, 1.54) is 60.3 Å². The monoisotopic (exact) mass is 491 g/mol. The van der Waals surface area contributed by atoms with Crippen LogP contribution in [-0.4, -0.2) is 19.1 Å². The van der Waals surface area contributed by atoms with Gasteiger partial charge in [0.1, 0.15) is 0 Å². The molecule has 1 saturated carbocycles. The Morgan fingerprint density at radius 1 is 0.946 bits per heavy atom. The molecule has 0 saturated heterocycles. The van der Waals surface area contributed by atoms with Crippen LogP contribution in [0.3, 0.4) is 0 Å². The van der Waals surface area contributed by atoms with Crippen LogP contribution in [0, 0.1) is 5.92 Å². The van der Waals surface area contributed by atoms with Crippen LogP contribution >= 0.6 is 0 Å². The van der Waals surface area contributed by atoms with Crippen molar-refractivity contribution in [3.8, 4) is 11.3 Å². The van der Waals surface area contributed by atoms with E-state index in [9.17, 15) is 0 Å². The fourth-order valence-electron chi connectivity index (χ4n) is 4.94. The molecule has 3 aromatic rings. The highest BCUT2D eigenvalue weighted by Gasteiger charge is 2.22. The van der Waals surface area contributed by atoms with Crippen molar-refractivity contribution in [1.82, 2.24) is 4.98 Å². The number of aromatic nitrogens is 1. The Kier molecular flexibility index (Phi) is 9.00. The molecule has 0 spiro atoms. The van der Waals surface area contributed by atoms with E-state index in [2.05, 4.69) is 117 Å². The first-order chi connectivity index (χ1) is 17.9. The molecule has 0 atom stereocenters. The van der Waals surface area contributed by atoms with E-state index < -0.39 is 0 Å². The summed E-state index contributed by atoms with van der Waals surface area (Å²) in [5, 5.41) is 0. The Morgan fingerprint density at radius 2 is 1.70 bits per heavy atom. The summed E-state index contributed by atoms with van der Waals surface area (Å²) in [5.41, 5.74) is 9.23. The van der Waals surface area contributed by atoms with E-state index in [0.717, 1.165) is 29.8 Å². The Hall–Kier alpha value is -3.59. The second kappa shape index (κ2) is 12.6. The Bertz CT molecular complexity index is 1210. The summed E-state index contributed by atoms with van der Waals surface area (Å²) in [6.07, 6.45) is 13.6. The number of nitrogens with zero attached hydrogens (tertiary/aromatic N) is 3. The van der Waals surface area contributed by atoms with Gasteiger partial charge in [0.25, 0.3) is 0 Å². The quantitative estimate of drug-likeness (QED) is 0.264. The topological polar surface area (TPSA) is 19.4 Å². The van der Waals surface area contributed by atoms with Crippen molar-refractivity contribution >= 4 is 17.5 Å². The minimum Gasteiger partial charge on any atom is -0.378 e. The van der Waals surface area contributed by atoms with Gasteiger partial charge in [0.15, 0.2) is 0 Å². The molecule has 1 fully saturated rings. The van der Waals surface area contributed by atoms with Crippen molar-refractivity contribution in [3.63, 3.8) is 0 Å².